The summed E-state index contributed by atoms with van der Waals surface area (Å²) in [7, 11) is 0. The molecule has 1 amide bonds. The molecule has 0 aliphatic carbocycles. The number of carbonyl (C=O) groups is 1. The molecule has 3 heterocycles. The average Bonchev–Trinajstić information content (AvgIpc) is 2.67. The van der Waals surface area contributed by atoms with E-state index in [1.807, 2.05) is 35.2 Å². The van der Waals surface area contributed by atoms with Crippen LogP contribution in [0.15, 0.2) is 42.6 Å². The van der Waals surface area contributed by atoms with Crippen molar-refractivity contribution in [2.75, 3.05) is 29.4 Å². The molecule has 3 unspecified atom stereocenters. The van der Waals surface area contributed by atoms with Crippen molar-refractivity contribution in [3.8, 4) is 0 Å². The maximum atomic E-state index is 13.1. The summed E-state index contributed by atoms with van der Waals surface area (Å²) in [5.41, 5.74) is 2.91. The van der Waals surface area contributed by atoms with Crippen LogP contribution in [0.25, 0.3) is 0 Å². The molecule has 1 aromatic carbocycles. The van der Waals surface area contributed by atoms with E-state index in [-0.39, 0.29) is 18.1 Å². The molecule has 5 nitrogen and oxygen atoms in total. The largest absolute Gasteiger partial charge is 0.372 e. The summed E-state index contributed by atoms with van der Waals surface area (Å²) in [5.74, 6) is 1.41. The number of carbonyl (C=O) groups excluding carboxylic acids is 1. The van der Waals surface area contributed by atoms with Gasteiger partial charge >= 0.3 is 0 Å². The summed E-state index contributed by atoms with van der Waals surface area (Å²) in [6.45, 7) is 8.77. The van der Waals surface area contributed by atoms with E-state index in [0.717, 1.165) is 37.6 Å². The Balaban J connectivity index is 1.54. The lowest BCUT2D eigenvalue weighted by molar-refractivity contribution is -0.00546. The molecule has 3 atom stereocenters. The van der Waals surface area contributed by atoms with E-state index < -0.39 is 0 Å². The molecule has 0 radical (unpaired) electrons. The number of benzene rings is 1. The van der Waals surface area contributed by atoms with Gasteiger partial charge in [-0.1, -0.05) is 25.1 Å². The maximum absolute atomic E-state index is 13.1. The van der Waals surface area contributed by atoms with Crippen molar-refractivity contribution in [2.24, 2.45) is 0 Å². The number of anilines is 2. The van der Waals surface area contributed by atoms with Gasteiger partial charge in [0.2, 0.25) is 0 Å². The quantitative estimate of drug-likeness (QED) is 0.811. The van der Waals surface area contributed by atoms with Crippen LogP contribution in [-0.4, -0.2) is 42.7 Å². The van der Waals surface area contributed by atoms with Crippen LogP contribution >= 0.6 is 0 Å². The van der Waals surface area contributed by atoms with E-state index in [1.165, 1.54) is 5.56 Å². The number of para-hydroxylation sites is 1. The number of aromatic nitrogens is 1. The molecular weight excluding hydrogens is 338 g/mol. The van der Waals surface area contributed by atoms with Crippen molar-refractivity contribution in [3.63, 3.8) is 0 Å². The second-order valence-corrected chi connectivity index (χ2v) is 7.77. The SMILES string of the molecule is CC1CN(c2ccc(C(=O)N3CCC(C)c4ccccc43)cn2)CC(C)O1. The Labute approximate surface area is 161 Å². The van der Waals surface area contributed by atoms with Gasteiger partial charge in [-0.05, 0) is 49.9 Å². The molecule has 27 heavy (non-hydrogen) atoms. The number of amides is 1. The number of rotatable bonds is 2. The lowest BCUT2D eigenvalue weighted by atomic mass is 9.91. The summed E-state index contributed by atoms with van der Waals surface area (Å²) in [4.78, 5) is 21.8. The van der Waals surface area contributed by atoms with Gasteiger partial charge in [-0.25, -0.2) is 4.98 Å². The molecule has 2 aliphatic rings. The second-order valence-electron chi connectivity index (χ2n) is 7.77. The van der Waals surface area contributed by atoms with Gasteiger partial charge in [0, 0.05) is 31.5 Å². The smallest absolute Gasteiger partial charge is 0.259 e. The number of nitrogens with zero attached hydrogens (tertiary/aromatic N) is 3. The fourth-order valence-corrected chi connectivity index (χ4v) is 4.18. The molecule has 1 aromatic heterocycles. The second kappa shape index (κ2) is 7.31. The Hall–Kier alpha value is -2.40. The van der Waals surface area contributed by atoms with E-state index in [0.29, 0.717) is 11.5 Å². The Bertz CT molecular complexity index is 811. The first kappa shape index (κ1) is 18.0. The van der Waals surface area contributed by atoms with E-state index in [2.05, 4.69) is 36.7 Å². The van der Waals surface area contributed by atoms with E-state index in [4.69, 9.17) is 4.74 Å². The zero-order valence-electron chi connectivity index (χ0n) is 16.3. The van der Waals surface area contributed by atoms with E-state index in [1.54, 1.807) is 6.20 Å². The highest BCUT2D eigenvalue weighted by molar-refractivity contribution is 6.06. The molecule has 0 saturated carbocycles. The Kier molecular flexibility index (Phi) is 4.87. The van der Waals surface area contributed by atoms with Crippen molar-refractivity contribution in [2.45, 2.75) is 45.3 Å². The normalized spacial score (nSPS) is 25.2. The third-order valence-electron chi connectivity index (χ3n) is 5.53. The number of pyridine rings is 1. The lowest BCUT2D eigenvalue weighted by Gasteiger charge is -2.36. The fourth-order valence-electron chi connectivity index (χ4n) is 4.18. The number of hydrogen-bond donors (Lipinski definition) is 0. The molecule has 0 spiro atoms. The van der Waals surface area contributed by atoms with Crippen LogP contribution in [0.5, 0.6) is 0 Å². The number of fused-ring (bicyclic) bond motifs is 1. The van der Waals surface area contributed by atoms with Crippen LogP contribution in [0.1, 0.15) is 49.0 Å². The molecule has 1 saturated heterocycles. The van der Waals surface area contributed by atoms with Crippen molar-refractivity contribution >= 4 is 17.4 Å². The zero-order chi connectivity index (χ0) is 19.0. The number of hydrogen-bond acceptors (Lipinski definition) is 4. The fraction of sp³-hybridized carbons (Fsp3) is 0.455. The highest BCUT2D eigenvalue weighted by atomic mass is 16.5. The maximum Gasteiger partial charge on any atom is 0.259 e. The topological polar surface area (TPSA) is 45.7 Å². The molecule has 2 aromatic rings. The van der Waals surface area contributed by atoms with Gasteiger partial charge in [-0.3, -0.25) is 4.79 Å². The highest BCUT2D eigenvalue weighted by Crippen LogP contribution is 2.35. The van der Waals surface area contributed by atoms with Gasteiger partial charge in [-0.15, -0.1) is 0 Å². The first-order chi connectivity index (χ1) is 13.0. The molecule has 5 heteroatoms. The standard InChI is InChI=1S/C22H27N3O2/c1-15-10-11-25(20-7-5-4-6-19(15)20)22(26)18-8-9-21(23-12-18)24-13-16(2)27-17(3)14-24/h4-9,12,15-17H,10-11,13-14H2,1-3H3. The zero-order valence-corrected chi connectivity index (χ0v) is 16.3. The molecule has 0 bridgehead atoms. The van der Waals surface area contributed by atoms with Crippen molar-refractivity contribution in [1.82, 2.24) is 4.98 Å². The predicted molar refractivity (Wildman–Crippen MR) is 108 cm³/mol. The average molecular weight is 365 g/mol. The Morgan fingerprint density at radius 3 is 2.52 bits per heavy atom. The highest BCUT2D eigenvalue weighted by Gasteiger charge is 2.28. The predicted octanol–water partition coefficient (Wildman–Crippen LogP) is 3.85. The Morgan fingerprint density at radius 1 is 1.07 bits per heavy atom. The lowest BCUT2D eigenvalue weighted by Crippen LogP contribution is -2.45. The van der Waals surface area contributed by atoms with Crippen LogP contribution in [0, 0.1) is 0 Å². The third-order valence-corrected chi connectivity index (χ3v) is 5.53. The monoisotopic (exact) mass is 365 g/mol. The first-order valence-electron chi connectivity index (χ1n) is 9.80. The summed E-state index contributed by atoms with van der Waals surface area (Å²) < 4.78 is 5.79. The minimum Gasteiger partial charge on any atom is -0.372 e. The van der Waals surface area contributed by atoms with Gasteiger partial charge in [-0.2, -0.15) is 0 Å². The minimum atomic E-state index is 0.0251. The summed E-state index contributed by atoms with van der Waals surface area (Å²) >= 11 is 0. The van der Waals surface area contributed by atoms with E-state index in [9.17, 15) is 4.79 Å². The number of ether oxygens (including phenoxy) is 1. The molecule has 1 fully saturated rings. The van der Waals surface area contributed by atoms with Crippen molar-refractivity contribution < 1.29 is 9.53 Å². The van der Waals surface area contributed by atoms with E-state index >= 15 is 0 Å². The van der Waals surface area contributed by atoms with Gasteiger partial charge < -0.3 is 14.5 Å². The van der Waals surface area contributed by atoms with Gasteiger partial charge in [0.25, 0.3) is 5.91 Å². The van der Waals surface area contributed by atoms with Crippen LogP contribution in [0.4, 0.5) is 11.5 Å². The molecule has 0 N–H and O–H groups in total. The summed E-state index contributed by atoms with van der Waals surface area (Å²) in [6.07, 6.45) is 3.06. The Morgan fingerprint density at radius 2 is 1.81 bits per heavy atom. The van der Waals surface area contributed by atoms with Crippen LogP contribution in [0.3, 0.4) is 0 Å². The molecule has 142 valence electrons. The van der Waals surface area contributed by atoms with Gasteiger partial charge in [0.05, 0.1) is 17.8 Å². The van der Waals surface area contributed by atoms with Crippen molar-refractivity contribution in [3.05, 3.63) is 53.7 Å². The third kappa shape index (κ3) is 3.56. The minimum absolute atomic E-state index is 0.0251. The van der Waals surface area contributed by atoms with Crippen LogP contribution in [-0.2, 0) is 4.74 Å². The van der Waals surface area contributed by atoms with Gasteiger partial charge in [0.1, 0.15) is 5.82 Å². The number of morpholine rings is 1. The molecular formula is C22H27N3O2. The van der Waals surface area contributed by atoms with Crippen LogP contribution < -0.4 is 9.80 Å². The molecule has 2 aliphatic heterocycles. The van der Waals surface area contributed by atoms with Crippen molar-refractivity contribution in [1.29, 1.82) is 0 Å². The summed E-state index contributed by atoms with van der Waals surface area (Å²) in [6, 6.07) is 12.1. The van der Waals surface area contributed by atoms with Gasteiger partial charge in [0.15, 0.2) is 0 Å². The van der Waals surface area contributed by atoms with Crippen LogP contribution in [0.2, 0.25) is 0 Å². The summed E-state index contributed by atoms with van der Waals surface area (Å²) in [5, 5.41) is 0. The first-order valence-corrected chi connectivity index (χ1v) is 9.80. The molecule has 4 rings (SSSR count).